The standard InChI is InChI=1S/C14H23BrN4O/c1-3-7-19-14(20)13(15)12(9-17-19)18-8-5-4-6-11(18)10(2)16/h9-11H,3-8,16H2,1-2H3. The minimum Gasteiger partial charge on any atom is -0.365 e. The molecule has 1 aromatic rings. The lowest BCUT2D eigenvalue weighted by atomic mass is 9.96. The van der Waals surface area contributed by atoms with Crippen molar-refractivity contribution in [3.63, 3.8) is 0 Å². The van der Waals surface area contributed by atoms with E-state index in [1.54, 1.807) is 6.20 Å². The Kier molecular flexibility index (Phi) is 5.21. The number of aryl methyl sites for hydroxylation is 1. The first-order chi connectivity index (χ1) is 9.56. The Bertz CT molecular complexity index is 514. The zero-order chi connectivity index (χ0) is 14.7. The molecule has 0 radical (unpaired) electrons. The van der Waals surface area contributed by atoms with E-state index >= 15 is 0 Å². The molecular formula is C14H23BrN4O. The quantitative estimate of drug-likeness (QED) is 0.910. The van der Waals surface area contributed by atoms with Gasteiger partial charge in [0.15, 0.2) is 0 Å². The molecule has 2 unspecified atom stereocenters. The Balaban J connectivity index is 2.36. The highest BCUT2D eigenvalue weighted by Crippen LogP contribution is 2.29. The SMILES string of the molecule is CCCn1ncc(N2CCCCC2C(C)N)c(Br)c1=O. The van der Waals surface area contributed by atoms with E-state index in [1.807, 2.05) is 13.8 Å². The highest BCUT2D eigenvalue weighted by molar-refractivity contribution is 9.10. The topological polar surface area (TPSA) is 64.2 Å². The lowest BCUT2D eigenvalue weighted by Gasteiger charge is -2.39. The second kappa shape index (κ2) is 6.72. The van der Waals surface area contributed by atoms with Crippen molar-refractivity contribution in [1.82, 2.24) is 9.78 Å². The van der Waals surface area contributed by atoms with E-state index < -0.39 is 0 Å². The average Bonchev–Trinajstić information content (AvgIpc) is 2.44. The van der Waals surface area contributed by atoms with Crippen LogP contribution in [-0.4, -0.2) is 28.4 Å². The highest BCUT2D eigenvalue weighted by atomic mass is 79.9. The van der Waals surface area contributed by atoms with Gasteiger partial charge in [0.1, 0.15) is 4.47 Å². The molecule has 0 bridgehead atoms. The molecule has 1 fully saturated rings. The fourth-order valence-corrected chi connectivity index (χ4v) is 3.37. The van der Waals surface area contributed by atoms with E-state index in [-0.39, 0.29) is 17.6 Å². The van der Waals surface area contributed by atoms with E-state index in [4.69, 9.17) is 5.73 Å². The number of rotatable bonds is 4. The summed E-state index contributed by atoms with van der Waals surface area (Å²) in [5, 5.41) is 4.29. The van der Waals surface area contributed by atoms with Crippen molar-refractivity contribution in [2.75, 3.05) is 11.4 Å². The summed E-state index contributed by atoms with van der Waals surface area (Å²) in [5.74, 6) is 0. The van der Waals surface area contributed by atoms with Crippen molar-refractivity contribution in [2.45, 2.75) is 58.2 Å². The second-order valence-corrected chi connectivity index (χ2v) is 6.28. The van der Waals surface area contributed by atoms with Crippen LogP contribution in [0.3, 0.4) is 0 Å². The number of anilines is 1. The summed E-state index contributed by atoms with van der Waals surface area (Å²) >= 11 is 3.46. The van der Waals surface area contributed by atoms with E-state index in [9.17, 15) is 4.79 Å². The molecule has 2 heterocycles. The number of nitrogens with two attached hydrogens (primary N) is 1. The van der Waals surface area contributed by atoms with E-state index in [0.29, 0.717) is 11.0 Å². The fraction of sp³-hybridized carbons (Fsp3) is 0.714. The van der Waals surface area contributed by atoms with Gasteiger partial charge >= 0.3 is 0 Å². The minimum atomic E-state index is -0.0571. The fourth-order valence-electron chi connectivity index (χ4n) is 2.83. The summed E-state index contributed by atoms with van der Waals surface area (Å²) in [6, 6.07) is 0.364. The molecule has 0 amide bonds. The van der Waals surface area contributed by atoms with Gasteiger partial charge in [0.25, 0.3) is 5.56 Å². The lowest BCUT2D eigenvalue weighted by molar-refractivity contribution is 0.411. The average molecular weight is 343 g/mol. The van der Waals surface area contributed by atoms with Crippen LogP contribution < -0.4 is 16.2 Å². The number of piperidine rings is 1. The zero-order valence-corrected chi connectivity index (χ0v) is 13.8. The first kappa shape index (κ1) is 15.5. The van der Waals surface area contributed by atoms with Crippen LogP contribution in [0, 0.1) is 0 Å². The second-order valence-electron chi connectivity index (χ2n) is 5.49. The summed E-state index contributed by atoms with van der Waals surface area (Å²) in [6.07, 6.45) is 6.09. The Morgan fingerprint density at radius 3 is 2.95 bits per heavy atom. The first-order valence-electron chi connectivity index (χ1n) is 7.34. The Labute approximate surface area is 128 Å². The van der Waals surface area contributed by atoms with Crippen molar-refractivity contribution in [1.29, 1.82) is 0 Å². The van der Waals surface area contributed by atoms with E-state index in [1.165, 1.54) is 11.1 Å². The molecule has 0 spiro atoms. The molecular weight excluding hydrogens is 320 g/mol. The van der Waals surface area contributed by atoms with Crippen LogP contribution in [0.15, 0.2) is 15.5 Å². The molecule has 1 aromatic heterocycles. The molecule has 0 aromatic carbocycles. The summed E-state index contributed by atoms with van der Waals surface area (Å²) in [7, 11) is 0. The Hall–Kier alpha value is -0.880. The lowest BCUT2D eigenvalue weighted by Crippen LogP contribution is -2.50. The minimum absolute atomic E-state index is 0.0571. The predicted octanol–water partition coefficient (Wildman–Crippen LogP) is 2.12. The van der Waals surface area contributed by atoms with Crippen molar-refractivity contribution in [3.8, 4) is 0 Å². The van der Waals surface area contributed by atoms with Gasteiger partial charge in [-0.2, -0.15) is 5.10 Å². The maximum absolute atomic E-state index is 12.3. The molecule has 5 nitrogen and oxygen atoms in total. The smallest absolute Gasteiger partial charge is 0.283 e. The maximum atomic E-state index is 12.3. The van der Waals surface area contributed by atoms with Gasteiger partial charge in [-0.05, 0) is 48.5 Å². The Morgan fingerprint density at radius 2 is 2.30 bits per heavy atom. The molecule has 2 N–H and O–H groups in total. The zero-order valence-electron chi connectivity index (χ0n) is 12.2. The van der Waals surface area contributed by atoms with E-state index in [0.717, 1.165) is 31.5 Å². The number of halogens is 1. The van der Waals surface area contributed by atoms with Gasteiger partial charge in [-0.15, -0.1) is 0 Å². The molecule has 112 valence electrons. The third-order valence-electron chi connectivity index (χ3n) is 3.87. The van der Waals surface area contributed by atoms with Crippen LogP contribution in [0.2, 0.25) is 0 Å². The highest BCUT2D eigenvalue weighted by Gasteiger charge is 2.28. The molecule has 2 atom stereocenters. The molecule has 1 aliphatic rings. The van der Waals surface area contributed by atoms with Gasteiger partial charge in [0.2, 0.25) is 0 Å². The van der Waals surface area contributed by atoms with Crippen LogP contribution in [0.25, 0.3) is 0 Å². The third-order valence-corrected chi connectivity index (χ3v) is 4.61. The summed E-state index contributed by atoms with van der Waals surface area (Å²) in [6.45, 7) is 5.65. The van der Waals surface area contributed by atoms with Gasteiger partial charge in [0.05, 0.1) is 11.9 Å². The summed E-state index contributed by atoms with van der Waals surface area (Å²) < 4.78 is 2.12. The van der Waals surface area contributed by atoms with Crippen LogP contribution in [-0.2, 0) is 6.54 Å². The Morgan fingerprint density at radius 1 is 1.55 bits per heavy atom. The molecule has 0 aliphatic carbocycles. The number of nitrogens with zero attached hydrogens (tertiary/aromatic N) is 3. The van der Waals surface area contributed by atoms with Gasteiger partial charge < -0.3 is 10.6 Å². The molecule has 1 aliphatic heterocycles. The molecule has 6 heteroatoms. The monoisotopic (exact) mass is 342 g/mol. The molecule has 20 heavy (non-hydrogen) atoms. The predicted molar refractivity (Wildman–Crippen MR) is 85.1 cm³/mol. The van der Waals surface area contributed by atoms with Gasteiger partial charge in [0, 0.05) is 25.2 Å². The molecule has 1 saturated heterocycles. The van der Waals surface area contributed by atoms with Gasteiger partial charge in [-0.1, -0.05) is 6.92 Å². The van der Waals surface area contributed by atoms with Crippen molar-refractivity contribution >= 4 is 21.6 Å². The first-order valence-corrected chi connectivity index (χ1v) is 8.13. The maximum Gasteiger partial charge on any atom is 0.283 e. The van der Waals surface area contributed by atoms with Crippen molar-refractivity contribution in [3.05, 3.63) is 21.0 Å². The molecule has 2 rings (SSSR count). The number of hydrogen-bond acceptors (Lipinski definition) is 4. The third kappa shape index (κ3) is 3.06. The summed E-state index contributed by atoms with van der Waals surface area (Å²) in [5.41, 5.74) is 6.92. The van der Waals surface area contributed by atoms with Crippen LogP contribution in [0.5, 0.6) is 0 Å². The van der Waals surface area contributed by atoms with Crippen LogP contribution in [0.4, 0.5) is 5.69 Å². The normalized spacial score (nSPS) is 21.0. The molecule has 0 saturated carbocycles. The van der Waals surface area contributed by atoms with Crippen LogP contribution in [0.1, 0.15) is 39.5 Å². The van der Waals surface area contributed by atoms with E-state index in [2.05, 4.69) is 25.9 Å². The van der Waals surface area contributed by atoms with Crippen LogP contribution >= 0.6 is 15.9 Å². The number of hydrogen-bond donors (Lipinski definition) is 1. The van der Waals surface area contributed by atoms with Gasteiger partial charge in [-0.25, -0.2) is 4.68 Å². The van der Waals surface area contributed by atoms with Crippen molar-refractivity contribution < 1.29 is 0 Å². The summed E-state index contributed by atoms with van der Waals surface area (Å²) in [4.78, 5) is 14.5. The van der Waals surface area contributed by atoms with Gasteiger partial charge in [-0.3, -0.25) is 4.79 Å². The number of aromatic nitrogens is 2. The van der Waals surface area contributed by atoms with Crippen molar-refractivity contribution in [2.24, 2.45) is 5.73 Å². The largest absolute Gasteiger partial charge is 0.365 e.